The highest BCUT2D eigenvalue weighted by molar-refractivity contribution is 7.99. The number of anilines is 1. The van der Waals surface area contributed by atoms with Crippen molar-refractivity contribution in [3.8, 4) is 5.75 Å². The zero-order valence-electron chi connectivity index (χ0n) is 14.4. The molecule has 0 bridgehead atoms. The number of nitrogens with one attached hydrogen (secondary N) is 2. The highest BCUT2D eigenvalue weighted by Gasteiger charge is 2.07. The number of urea groups is 1. The van der Waals surface area contributed by atoms with Gasteiger partial charge in [0.05, 0.1) is 6.61 Å². The van der Waals surface area contributed by atoms with Gasteiger partial charge in [0.1, 0.15) is 5.75 Å². The van der Waals surface area contributed by atoms with Crippen molar-refractivity contribution in [3.63, 3.8) is 0 Å². The van der Waals surface area contributed by atoms with E-state index >= 15 is 0 Å². The van der Waals surface area contributed by atoms with Gasteiger partial charge in [-0.2, -0.15) is 0 Å². The summed E-state index contributed by atoms with van der Waals surface area (Å²) in [7, 11) is 0. The van der Waals surface area contributed by atoms with Gasteiger partial charge in [0.15, 0.2) is 0 Å². The highest BCUT2D eigenvalue weighted by Crippen LogP contribution is 2.22. The molecule has 0 heterocycles. The fourth-order valence-electron chi connectivity index (χ4n) is 2.07. The zero-order valence-corrected chi connectivity index (χ0v) is 16.0. The Kier molecular flexibility index (Phi) is 7.95. The molecule has 2 aromatic rings. The summed E-state index contributed by atoms with van der Waals surface area (Å²) in [5, 5.41) is 6.46. The molecule has 0 fully saturated rings. The Morgan fingerprint density at radius 2 is 1.84 bits per heavy atom. The fraction of sp³-hybridized carbons (Fsp3) is 0.316. The van der Waals surface area contributed by atoms with Crippen LogP contribution in [0.15, 0.2) is 53.4 Å². The molecule has 0 radical (unpaired) electrons. The Morgan fingerprint density at radius 1 is 1.16 bits per heavy atom. The van der Waals surface area contributed by atoms with Crippen molar-refractivity contribution in [1.82, 2.24) is 5.32 Å². The maximum Gasteiger partial charge on any atom is 0.319 e. The minimum absolute atomic E-state index is 0.201. The molecular weight excluding hydrogens is 356 g/mol. The molecule has 25 heavy (non-hydrogen) atoms. The lowest BCUT2D eigenvalue weighted by molar-refractivity contribution is 0.251. The van der Waals surface area contributed by atoms with Gasteiger partial charge in [-0.1, -0.05) is 18.5 Å². The molecule has 1 atom stereocenters. The lowest BCUT2D eigenvalue weighted by Gasteiger charge is -2.13. The van der Waals surface area contributed by atoms with Crippen LogP contribution < -0.4 is 15.4 Å². The van der Waals surface area contributed by atoms with Gasteiger partial charge in [-0.3, -0.25) is 0 Å². The first kappa shape index (κ1) is 19.5. The molecule has 0 unspecified atom stereocenters. The number of ether oxygens (including phenoxy) is 1. The van der Waals surface area contributed by atoms with Gasteiger partial charge in [0.25, 0.3) is 0 Å². The molecular formula is C19H23ClN2O2S. The van der Waals surface area contributed by atoms with Gasteiger partial charge >= 0.3 is 6.03 Å². The van der Waals surface area contributed by atoms with Crippen molar-refractivity contribution in [2.75, 3.05) is 24.2 Å². The summed E-state index contributed by atoms with van der Waals surface area (Å²) in [6.07, 6.45) is 0. The molecule has 0 aromatic heterocycles. The number of carbonyl (C=O) groups is 1. The molecule has 0 aliphatic rings. The van der Waals surface area contributed by atoms with Crippen molar-refractivity contribution < 1.29 is 9.53 Å². The molecule has 2 aromatic carbocycles. The Morgan fingerprint density at radius 3 is 2.48 bits per heavy atom. The maximum atomic E-state index is 12.0. The Hall–Kier alpha value is -1.85. The van der Waals surface area contributed by atoms with E-state index in [9.17, 15) is 4.79 Å². The second kappa shape index (κ2) is 10.2. The first-order valence-corrected chi connectivity index (χ1v) is 9.59. The van der Waals surface area contributed by atoms with E-state index in [0.717, 1.165) is 22.2 Å². The van der Waals surface area contributed by atoms with Crippen molar-refractivity contribution in [2.24, 2.45) is 5.92 Å². The lowest BCUT2D eigenvalue weighted by atomic mass is 10.2. The minimum atomic E-state index is -0.201. The summed E-state index contributed by atoms with van der Waals surface area (Å²) in [6, 6.07) is 14.9. The van der Waals surface area contributed by atoms with E-state index in [1.165, 1.54) is 4.90 Å². The second-order valence-electron chi connectivity index (χ2n) is 5.66. The number of carbonyl (C=O) groups excluding carboxylic acids is 1. The standard InChI is InChI=1S/C19H23ClN2O2S/c1-3-24-17-8-6-16(7-9-17)22-19(23)21-12-14(2)13-25-18-10-4-15(20)5-11-18/h4-11,14H,3,12-13H2,1-2H3,(H2,21,22,23)/t14-/m0/s1. The number of rotatable bonds is 8. The van der Waals surface area contributed by atoms with Crippen LogP contribution in [0.4, 0.5) is 10.5 Å². The molecule has 0 aliphatic heterocycles. The van der Waals surface area contributed by atoms with Gasteiger partial charge in [0, 0.05) is 27.9 Å². The molecule has 4 nitrogen and oxygen atoms in total. The number of benzene rings is 2. The monoisotopic (exact) mass is 378 g/mol. The van der Waals surface area contributed by atoms with Crippen molar-refractivity contribution in [1.29, 1.82) is 0 Å². The Balaban J connectivity index is 1.68. The molecule has 0 saturated heterocycles. The van der Waals surface area contributed by atoms with E-state index in [-0.39, 0.29) is 6.03 Å². The average molecular weight is 379 g/mol. The first-order chi connectivity index (χ1) is 12.1. The SMILES string of the molecule is CCOc1ccc(NC(=O)NC[C@H](C)CSc2ccc(Cl)cc2)cc1. The van der Waals surface area contributed by atoms with Gasteiger partial charge in [0.2, 0.25) is 0 Å². The van der Waals surface area contributed by atoms with E-state index in [1.807, 2.05) is 55.5 Å². The summed E-state index contributed by atoms with van der Waals surface area (Å²) in [5.41, 5.74) is 0.740. The van der Waals surface area contributed by atoms with E-state index < -0.39 is 0 Å². The van der Waals surface area contributed by atoms with Crippen LogP contribution >= 0.6 is 23.4 Å². The first-order valence-electron chi connectivity index (χ1n) is 8.23. The number of halogens is 1. The summed E-state index contributed by atoms with van der Waals surface area (Å²) < 4.78 is 5.38. The highest BCUT2D eigenvalue weighted by atomic mass is 35.5. The number of hydrogen-bond acceptors (Lipinski definition) is 3. The van der Waals surface area contributed by atoms with Gasteiger partial charge < -0.3 is 15.4 Å². The van der Waals surface area contributed by atoms with Crippen LogP contribution in [0.2, 0.25) is 5.02 Å². The van der Waals surface area contributed by atoms with Crippen molar-refractivity contribution in [2.45, 2.75) is 18.7 Å². The third-order valence-corrected chi connectivity index (χ3v) is 4.98. The van der Waals surface area contributed by atoms with Crippen LogP contribution in [0.25, 0.3) is 0 Å². The predicted octanol–water partition coefficient (Wildman–Crippen LogP) is 5.29. The summed E-state index contributed by atoms with van der Waals surface area (Å²) in [5.74, 6) is 2.07. The maximum absolute atomic E-state index is 12.0. The Bertz CT molecular complexity index is 662. The summed E-state index contributed by atoms with van der Waals surface area (Å²) >= 11 is 7.63. The normalized spacial score (nSPS) is 11.6. The molecule has 0 aliphatic carbocycles. The fourth-order valence-corrected chi connectivity index (χ4v) is 3.12. The van der Waals surface area contributed by atoms with E-state index in [4.69, 9.17) is 16.3 Å². The van der Waals surface area contributed by atoms with Crippen LogP contribution in [0.5, 0.6) is 5.75 Å². The summed E-state index contributed by atoms with van der Waals surface area (Å²) in [4.78, 5) is 13.1. The van der Waals surface area contributed by atoms with Crippen molar-refractivity contribution in [3.05, 3.63) is 53.6 Å². The van der Waals surface area contributed by atoms with Gasteiger partial charge in [-0.25, -0.2) is 4.79 Å². The van der Waals surface area contributed by atoms with Crippen LogP contribution in [0, 0.1) is 5.92 Å². The lowest BCUT2D eigenvalue weighted by Crippen LogP contribution is -2.32. The largest absolute Gasteiger partial charge is 0.494 e. The molecule has 2 amide bonds. The number of amides is 2. The molecule has 134 valence electrons. The van der Waals surface area contributed by atoms with Crippen LogP contribution in [-0.2, 0) is 0 Å². The third kappa shape index (κ3) is 7.28. The van der Waals surface area contributed by atoms with Crippen LogP contribution in [0.3, 0.4) is 0 Å². The second-order valence-corrected chi connectivity index (χ2v) is 7.19. The smallest absolute Gasteiger partial charge is 0.319 e. The predicted molar refractivity (Wildman–Crippen MR) is 106 cm³/mol. The molecule has 0 spiro atoms. The average Bonchev–Trinajstić information content (AvgIpc) is 2.61. The van der Waals surface area contributed by atoms with Gasteiger partial charge in [-0.15, -0.1) is 11.8 Å². The molecule has 6 heteroatoms. The zero-order chi connectivity index (χ0) is 18.1. The number of hydrogen-bond donors (Lipinski definition) is 2. The Labute approximate surface area is 158 Å². The molecule has 0 saturated carbocycles. The number of thioether (sulfide) groups is 1. The molecule has 2 rings (SSSR count). The topological polar surface area (TPSA) is 50.4 Å². The van der Waals surface area contributed by atoms with Gasteiger partial charge in [-0.05, 0) is 61.4 Å². The third-order valence-electron chi connectivity index (χ3n) is 3.38. The van der Waals surface area contributed by atoms with Crippen molar-refractivity contribution >= 4 is 35.1 Å². The minimum Gasteiger partial charge on any atom is -0.494 e. The van der Waals surface area contributed by atoms with E-state index in [0.29, 0.717) is 19.1 Å². The van der Waals surface area contributed by atoms with E-state index in [1.54, 1.807) is 11.8 Å². The summed E-state index contributed by atoms with van der Waals surface area (Å²) in [6.45, 7) is 5.29. The van der Waals surface area contributed by atoms with Crippen LogP contribution in [-0.4, -0.2) is 24.9 Å². The quantitative estimate of drug-likeness (QED) is 0.613. The molecule has 2 N–H and O–H groups in total. The van der Waals surface area contributed by atoms with E-state index in [2.05, 4.69) is 17.6 Å². The van der Waals surface area contributed by atoms with Crippen LogP contribution in [0.1, 0.15) is 13.8 Å².